The van der Waals surface area contributed by atoms with Gasteiger partial charge in [-0.3, -0.25) is 4.90 Å². The fourth-order valence-corrected chi connectivity index (χ4v) is 3.15. The minimum atomic E-state index is 0.711. The van der Waals surface area contributed by atoms with Crippen molar-refractivity contribution in [3.63, 3.8) is 0 Å². The molecule has 0 aromatic heterocycles. The molecule has 1 aromatic carbocycles. The van der Waals surface area contributed by atoms with Crippen molar-refractivity contribution in [3.8, 4) is 0 Å². The average molecular weight is 290 g/mol. The molecule has 3 nitrogen and oxygen atoms in total. The normalized spacial score (nSPS) is 19.8. The Kier molecular flexibility index (Phi) is 7.20. The second-order valence-electron chi connectivity index (χ2n) is 6.12. The van der Waals surface area contributed by atoms with E-state index in [4.69, 9.17) is 4.74 Å². The topological polar surface area (TPSA) is 24.5 Å². The van der Waals surface area contributed by atoms with Crippen LogP contribution in [-0.2, 0) is 17.7 Å². The molecule has 1 aliphatic heterocycles. The van der Waals surface area contributed by atoms with E-state index in [1.54, 1.807) is 0 Å². The Bertz CT molecular complexity index is 389. The van der Waals surface area contributed by atoms with E-state index in [2.05, 4.69) is 41.4 Å². The van der Waals surface area contributed by atoms with Crippen LogP contribution in [0.2, 0.25) is 0 Å². The molecule has 1 fully saturated rings. The van der Waals surface area contributed by atoms with Crippen LogP contribution in [0.4, 0.5) is 0 Å². The van der Waals surface area contributed by atoms with E-state index >= 15 is 0 Å². The highest BCUT2D eigenvalue weighted by Gasteiger charge is 2.19. The standard InChI is InChI=1S/C18H30N2O/c1-3-19-11-10-16-6-8-17(9-7-16)13-20-12-4-5-18(14-20)15-21-2/h6-9,18-19H,3-5,10-15H2,1-2H3. The van der Waals surface area contributed by atoms with Crippen molar-refractivity contribution in [2.75, 3.05) is 39.9 Å². The van der Waals surface area contributed by atoms with E-state index < -0.39 is 0 Å². The maximum absolute atomic E-state index is 5.31. The summed E-state index contributed by atoms with van der Waals surface area (Å²) in [5.74, 6) is 0.711. The molecule has 1 N–H and O–H groups in total. The molecule has 0 amide bonds. The summed E-state index contributed by atoms with van der Waals surface area (Å²) < 4.78 is 5.31. The van der Waals surface area contributed by atoms with Gasteiger partial charge in [0.2, 0.25) is 0 Å². The number of likely N-dealkylation sites (N-methyl/N-ethyl adjacent to an activating group) is 1. The average Bonchev–Trinajstić information content (AvgIpc) is 2.50. The summed E-state index contributed by atoms with van der Waals surface area (Å²) in [6.45, 7) is 8.65. The van der Waals surface area contributed by atoms with Crippen LogP contribution in [0.3, 0.4) is 0 Å². The summed E-state index contributed by atoms with van der Waals surface area (Å²) in [7, 11) is 1.81. The van der Waals surface area contributed by atoms with Gasteiger partial charge in [0.05, 0.1) is 6.61 Å². The molecule has 21 heavy (non-hydrogen) atoms. The Labute approximate surface area is 129 Å². The molecule has 3 heteroatoms. The van der Waals surface area contributed by atoms with Gasteiger partial charge in [-0.2, -0.15) is 0 Å². The fraction of sp³-hybridized carbons (Fsp3) is 0.667. The number of methoxy groups -OCH3 is 1. The summed E-state index contributed by atoms with van der Waals surface area (Å²) in [6, 6.07) is 9.15. The third-order valence-corrected chi connectivity index (χ3v) is 4.28. The van der Waals surface area contributed by atoms with E-state index in [1.165, 1.54) is 37.1 Å². The maximum Gasteiger partial charge on any atom is 0.0502 e. The SMILES string of the molecule is CCNCCc1ccc(CN2CCCC(COC)C2)cc1. The van der Waals surface area contributed by atoms with Gasteiger partial charge in [0, 0.05) is 20.2 Å². The van der Waals surface area contributed by atoms with E-state index in [1.807, 2.05) is 7.11 Å². The third-order valence-electron chi connectivity index (χ3n) is 4.28. The van der Waals surface area contributed by atoms with E-state index in [-0.39, 0.29) is 0 Å². The lowest BCUT2D eigenvalue weighted by Crippen LogP contribution is -2.36. The summed E-state index contributed by atoms with van der Waals surface area (Å²) in [4.78, 5) is 2.57. The first-order chi connectivity index (χ1) is 10.3. The lowest BCUT2D eigenvalue weighted by Gasteiger charge is -2.32. The molecule has 0 radical (unpaired) electrons. The minimum Gasteiger partial charge on any atom is -0.384 e. The molecule has 1 aromatic rings. The van der Waals surface area contributed by atoms with Crippen molar-refractivity contribution in [2.24, 2.45) is 5.92 Å². The second-order valence-corrected chi connectivity index (χ2v) is 6.12. The number of ether oxygens (including phenoxy) is 1. The second kappa shape index (κ2) is 9.19. The van der Waals surface area contributed by atoms with Gasteiger partial charge in [0.1, 0.15) is 0 Å². The van der Waals surface area contributed by atoms with E-state index in [0.717, 1.165) is 32.7 Å². The molecule has 0 bridgehead atoms. The van der Waals surface area contributed by atoms with Gasteiger partial charge in [-0.1, -0.05) is 31.2 Å². The van der Waals surface area contributed by atoms with Crippen LogP contribution in [0.25, 0.3) is 0 Å². The van der Waals surface area contributed by atoms with Crippen molar-refractivity contribution in [1.29, 1.82) is 0 Å². The van der Waals surface area contributed by atoms with Crippen LogP contribution in [0.5, 0.6) is 0 Å². The van der Waals surface area contributed by atoms with Gasteiger partial charge in [0.25, 0.3) is 0 Å². The van der Waals surface area contributed by atoms with Crippen LogP contribution < -0.4 is 5.32 Å². The highest BCUT2D eigenvalue weighted by Crippen LogP contribution is 2.19. The van der Waals surface area contributed by atoms with Gasteiger partial charge >= 0.3 is 0 Å². The summed E-state index contributed by atoms with van der Waals surface area (Å²) in [5.41, 5.74) is 2.86. The van der Waals surface area contributed by atoms with Gasteiger partial charge in [0.15, 0.2) is 0 Å². The van der Waals surface area contributed by atoms with Crippen molar-refractivity contribution >= 4 is 0 Å². The molecular weight excluding hydrogens is 260 g/mol. The number of hydrogen-bond acceptors (Lipinski definition) is 3. The zero-order valence-corrected chi connectivity index (χ0v) is 13.6. The van der Waals surface area contributed by atoms with Gasteiger partial charge < -0.3 is 10.1 Å². The first kappa shape index (κ1) is 16.5. The van der Waals surface area contributed by atoms with Crippen LogP contribution in [-0.4, -0.2) is 44.8 Å². The van der Waals surface area contributed by atoms with Crippen LogP contribution >= 0.6 is 0 Å². The van der Waals surface area contributed by atoms with Crippen LogP contribution in [0.15, 0.2) is 24.3 Å². The molecule has 1 unspecified atom stereocenters. The first-order valence-electron chi connectivity index (χ1n) is 8.31. The van der Waals surface area contributed by atoms with Crippen molar-refractivity contribution in [3.05, 3.63) is 35.4 Å². The Morgan fingerprint density at radius 2 is 2.00 bits per heavy atom. The first-order valence-corrected chi connectivity index (χ1v) is 8.31. The van der Waals surface area contributed by atoms with Crippen LogP contribution in [0.1, 0.15) is 30.9 Å². The molecular formula is C18H30N2O. The number of nitrogens with one attached hydrogen (secondary N) is 1. The summed E-state index contributed by atoms with van der Waals surface area (Å²) in [6.07, 6.45) is 3.73. The number of likely N-dealkylation sites (tertiary alicyclic amines) is 1. The molecule has 0 spiro atoms. The number of benzene rings is 1. The summed E-state index contributed by atoms with van der Waals surface area (Å²) >= 11 is 0. The molecule has 1 saturated heterocycles. The summed E-state index contributed by atoms with van der Waals surface area (Å²) in [5, 5.41) is 3.37. The van der Waals surface area contributed by atoms with E-state index in [0.29, 0.717) is 5.92 Å². The molecule has 0 saturated carbocycles. The highest BCUT2D eigenvalue weighted by atomic mass is 16.5. The lowest BCUT2D eigenvalue weighted by atomic mass is 9.98. The van der Waals surface area contributed by atoms with Crippen molar-refractivity contribution in [2.45, 2.75) is 32.7 Å². The number of piperidine rings is 1. The number of hydrogen-bond donors (Lipinski definition) is 1. The predicted molar refractivity (Wildman–Crippen MR) is 88.6 cm³/mol. The van der Waals surface area contributed by atoms with E-state index in [9.17, 15) is 0 Å². The Balaban J connectivity index is 1.79. The van der Waals surface area contributed by atoms with Crippen molar-refractivity contribution in [1.82, 2.24) is 10.2 Å². The quantitative estimate of drug-likeness (QED) is 0.745. The Hall–Kier alpha value is -0.900. The highest BCUT2D eigenvalue weighted by molar-refractivity contribution is 5.22. The Morgan fingerprint density at radius 1 is 1.24 bits per heavy atom. The zero-order valence-electron chi connectivity index (χ0n) is 13.6. The number of rotatable bonds is 8. The third kappa shape index (κ3) is 5.77. The zero-order chi connectivity index (χ0) is 14.9. The molecule has 1 atom stereocenters. The largest absolute Gasteiger partial charge is 0.384 e. The molecule has 118 valence electrons. The Morgan fingerprint density at radius 3 is 2.71 bits per heavy atom. The minimum absolute atomic E-state index is 0.711. The van der Waals surface area contributed by atoms with Crippen molar-refractivity contribution < 1.29 is 4.74 Å². The molecule has 1 heterocycles. The van der Waals surface area contributed by atoms with Gasteiger partial charge in [-0.15, -0.1) is 0 Å². The predicted octanol–water partition coefficient (Wildman–Crippen LogP) is 2.70. The monoisotopic (exact) mass is 290 g/mol. The fourth-order valence-electron chi connectivity index (χ4n) is 3.15. The molecule has 1 aliphatic rings. The van der Waals surface area contributed by atoms with Crippen LogP contribution in [0, 0.1) is 5.92 Å². The molecule has 2 rings (SSSR count). The molecule has 0 aliphatic carbocycles. The number of nitrogens with zero attached hydrogens (tertiary/aromatic N) is 1. The lowest BCUT2D eigenvalue weighted by molar-refractivity contribution is 0.0874. The smallest absolute Gasteiger partial charge is 0.0502 e. The van der Waals surface area contributed by atoms with Gasteiger partial charge in [-0.05, 0) is 55.9 Å². The van der Waals surface area contributed by atoms with Gasteiger partial charge in [-0.25, -0.2) is 0 Å². The maximum atomic E-state index is 5.31.